The highest BCUT2D eigenvalue weighted by atomic mass is 16.6. The number of aliphatic hydroxyl groups excluding tert-OH is 2. The molecule has 0 fully saturated rings. The van der Waals surface area contributed by atoms with Gasteiger partial charge in [0, 0.05) is 19.4 Å². The maximum Gasteiger partial charge on any atom is 0.370 e. The molecule has 24 heavy (non-hydrogen) atoms. The van der Waals surface area contributed by atoms with Gasteiger partial charge in [0.15, 0.2) is 5.96 Å². The molecule has 0 saturated heterocycles. The monoisotopic (exact) mass is 345 g/mol. The third-order valence-electron chi connectivity index (χ3n) is 3.64. The van der Waals surface area contributed by atoms with Crippen LogP contribution in [0.1, 0.15) is 13.3 Å². The van der Waals surface area contributed by atoms with Gasteiger partial charge in [0.2, 0.25) is 5.76 Å². The van der Waals surface area contributed by atoms with Crippen LogP contribution in [0.4, 0.5) is 0 Å². The zero-order valence-electron chi connectivity index (χ0n) is 13.5. The largest absolute Gasteiger partial charge is 0.480 e. The van der Waals surface area contributed by atoms with Gasteiger partial charge in [-0.15, -0.1) is 0 Å². The number of nitrogens with zero attached hydrogens (tertiary/aromatic N) is 1. The average Bonchev–Trinajstić information content (AvgIpc) is 2.49. The summed E-state index contributed by atoms with van der Waals surface area (Å²) >= 11 is 0. The third-order valence-corrected chi connectivity index (χ3v) is 3.64. The zero-order valence-corrected chi connectivity index (χ0v) is 13.5. The second-order valence-corrected chi connectivity index (χ2v) is 5.48. The summed E-state index contributed by atoms with van der Waals surface area (Å²) in [6, 6.07) is -0.854. The number of aliphatic imine (C=N–C) groups is 1. The molecule has 1 rings (SSSR count). The number of aliphatic hydroxyl groups is 2. The van der Waals surface area contributed by atoms with Crippen molar-refractivity contribution >= 4 is 17.7 Å². The number of carboxylic acid groups (broad SMARTS) is 1. The Balaban J connectivity index is 3.34. The van der Waals surface area contributed by atoms with Crippen molar-refractivity contribution in [3.05, 3.63) is 11.8 Å². The number of guanidine groups is 1. The summed E-state index contributed by atoms with van der Waals surface area (Å²) in [5.41, 5.74) is 10.8. The number of carboxylic acids is 1. The van der Waals surface area contributed by atoms with E-state index in [0.717, 1.165) is 0 Å². The molecule has 1 aliphatic heterocycles. The Morgan fingerprint density at radius 1 is 1.46 bits per heavy atom. The molecule has 0 saturated carbocycles. The number of ketones is 1. The lowest BCUT2D eigenvalue weighted by molar-refractivity contribution is -0.152. The molecule has 0 aromatic heterocycles. The lowest BCUT2D eigenvalue weighted by atomic mass is 9.83. The van der Waals surface area contributed by atoms with Crippen LogP contribution in [-0.2, 0) is 19.1 Å². The van der Waals surface area contributed by atoms with Gasteiger partial charge in [-0.2, -0.15) is 0 Å². The van der Waals surface area contributed by atoms with Gasteiger partial charge in [0.25, 0.3) is 0 Å². The highest BCUT2D eigenvalue weighted by molar-refractivity contribution is 5.85. The molecule has 0 bridgehead atoms. The minimum atomic E-state index is -1.36. The van der Waals surface area contributed by atoms with E-state index in [0.29, 0.717) is 0 Å². The molecule has 136 valence electrons. The van der Waals surface area contributed by atoms with Crippen LogP contribution in [0.25, 0.3) is 0 Å². The van der Waals surface area contributed by atoms with Crippen LogP contribution in [0.15, 0.2) is 16.8 Å². The molecule has 0 aromatic rings. The van der Waals surface area contributed by atoms with E-state index < -0.39 is 48.6 Å². The second kappa shape index (κ2) is 8.62. The molecule has 0 spiro atoms. The first kappa shape index (κ1) is 19.9. The molecule has 1 aliphatic rings. The summed E-state index contributed by atoms with van der Waals surface area (Å²) in [5.74, 6) is -2.96. The first-order valence-corrected chi connectivity index (χ1v) is 7.22. The maximum atomic E-state index is 11.6. The number of aliphatic carboxylic acids is 1. The molecular weight excluding hydrogens is 322 g/mol. The standard InChI is InChI=1S/C14H23N3O7/c1-6(19)3-7-8(17-14(15)16)4-10(13(21)22)24-11(7)12(23-2)9(20)5-18/h4,7-9,11-12,18,20H,3,5H2,1-2H3,(H,21,22)(H4,15,16,17)/t7-,8+,9-,11-,12-/m1/s1. The normalized spacial score (nSPS) is 25.8. The first-order chi connectivity index (χ1) is 11.2. The molecule has 7 N–H and O–H groups in total. The molecule has 0 unspecified atom stereocenters. The van der Waals surface area contributed by atoms with Crippen LogP contribution < -0.4 is 11.5 Å². The van der Waals surface area contributed by atoms with Crippen molar-refractivity contribution in [2.75, 3.05) is 13.7 Å². The van der Waals surface area contributed by atoms with Crippen LogP contribution in [0.3, 0.4) is 0 Å². The Bertz CT molecular complexity index is 530. The molecule has 5 atom stereocenters. The second-order valence-electron chi connectivity index (χ2n) is 5.48. The van der Waals surface area contributed by atoms with E-state index in [1.807, 2.05) is 0 Å². The molecule has 1 heterocycles. The number of hydrogen-bond donors (Lipinski definition) is 5. The Labute approximate surface area is 138 Å². The van der Waals surface area contributed by atoms with Gasteiger partial charge in [-0.05, 0) is 13.0 Å². The number of carbonyl (C=O) groups excluding carboxylic acids is 1. The maximum absolute atomic E-state index is 11.6. The van der Waals surface area contributed by atoms with Crippen LogP contribution in [0.5, 0.6) is 0 Å². The number of ether oxygens (including phenoxy) is 2. The SMILES string of the molecule is CO[C@@H]([C@@H]1OC(C(=O)O)=C[C@H](N=C(N)N)[C@H]1CC(C)=O)[C@H](O)CO. The van der Waals surface area contributed by atoms with Crippen LogP contribution in [-0.4, -0.2) is 71.1 Å². The van der Waals surface area contributed by atoms with E-state index >= 15 is 0 Å². The number of Topliss-reactive ketones (excluding diaryl/α,β-unsaturated/α-hetero) is 1. The minimum absolute atomic E-state index is 0.0342. The van der Waals surface area contributed by atoms with Crippen molar-refractivity contribution < 1.29 is 34.4 Å². The highest BCUT2D eigenvalue weighted by Gasteiger charge is 2.44. The fourth-order valence-corrected chi connectivity index (χ4v) is 2.67. The summed E-state index contributed by atoms with van der Waals surface area (Å²) in [7, 11) is 1.27. The van der Waals surface area contributed by atoms with Crippen LogP contribution >= 0.6 is 0 Å². The Morgan fingerprint density at radius 2 is 2.08 bits per heavy atom. The predicted octanol–water partition coefficient (Wildman–Crippen LogP) is -2.04. The summed E-state index contributed by atoms with van der Waals surface area (Å²) < 4.78 is 10.6. The van der Waals surface area contributed by atoms with E-state index in [-0.39, 0.29) is 18.2 Å². The van der Waals surface area contributed by atoms with Crippen molar-refractivity contribution in [3.63, 3.8) is 0 Å². The van der Waals surface area contributed by atoms with Crippen LogP contribution in [0, 0.1) is 5.92 Å². The number of carbonyl (C=O) groups is 2. The van der Waals surface area contributed by atoms with Crippen LogP contribution in [0.2, 0.25) is 0 Å². The fraction of sp³-hybridized carbons (Fsp3) is 0.643. The lowest BCUT2D eigenvalue weighted by Crippen LogP contribution is -2.51. The zero-order chi connectivity index (χ0) is 18.4. The number of rotatable bonds is 8. The van der Waals surface area contributed by atoms with E-state index in [1.165, 1.54) is 20.1 Å². The third kappa shape index (κ3) is 4.91. The van der Waals surface area contributed by atoms with Gasteiger partial charge in [0.1, 0.15) is 24.1 Å². The van der Waals surface area contributed by atoms with Gasteiger partial charge in [0.05, 0.1) is 12.6 Å². The lowest BCUT2D eigenvalue weighted by Gasteiger charge is -2.39. The molecule has 0 radical (unpaired) electrons. The predicted molar refractivity (Wildman–Crippen MR) is 82.9 cm³/mol. The summed E-state index contributed by atoms with van der Waals surface area (Å²) in [6.07, 6.45) is -2.32. The average molecular weight is 345 g/mol. The van der Waals surface area contributed by atoms with Gasteiger partial charge in [-0.1, -0.05) is 0 Å². The fourth-order valence-electron chi connectivity index (χ4n) is 2.67. The number of nitrogens with two attached hydrogens (primary N) is 2. The molecule has 10 heteroatoms. The van der Waals surface area contributed by atoms with Gasteiger partial charge in [-0.25, -0.2) is 9.79 Å². The summed E-state index contributed by atoms with van der Waals surface area (Å²) in [4.78, 5) is 26.8. The molecular formula is C14H23N3O7. The molecule has 0 aromatic carbocycles. The molecule has 10 nitrogen and oxygen atoms in total. The summed E-state index contributed by atoms with van der Waals surface area (Å²) in [6.45, 7) is 0.717. The summed E-state index contributed by atoms with van der Waals surface area (Å²) in [5, 5.41) is 28.3. The van der Waals surface area contributed by atoms with Gasteiger partial charge in [-0.3, -0.25) is 0 Å². The van der Waals surface area contributed by atoms with Crippen molar-refractivity contribution in [2.45, 2.75) is 37.7 Å². The van der Waals surface area contributed by atoms with E-state index in [9.17, 15) is 24.9 Å². The molecule has 0 amide bonds. The first-order valence-electron chi connectivity index (χ1n) is 7.22. The van der Waals surface area contributed by atoms with E-state index in [2.05, 4.69) is 4.99 Å². The Kier molecular flexibility index (Phi) is 7.14. The van der Waals surface area contributed by atoms with Crippen molar-refractivity contribution in [1.82, 2.24) is 0 Å². The van der Waals surface area contributed by atoms with Gasteiger partial charge < -0.3 is 41.1 Å². The van der Waals surface area contributed by atoms with E-state index in [4.69, 9.17) is 20.9 Å². The smallest absolute Gasteiger partial charge is 0.370 e. The Hall–Kier alpha value is -2.17. The number of hydrogen-bond acceptors (Lipinski definition) is 7. The van der Waals surface area contributed by atoms with Crippen molar-refractivity contribution in [2.24, 2.45) is 22.4 Å². The highest BCUT2D eigenvalue weighted by Crippen LogP contribution is 2.32. The number of methoxy groups -OCH3 is 1. The van der Waals surface area contributed by atoms with Crippen molar-refractivity contribution in [3.8, 4) is 0 Å². The molecule has 0 aliphatic carbocycles. The van der Waals surface area contributed by atoms with E-state index in [1.54, 1.807) is 0 Å². The van der Waals surface area contributed by atoms with Crippen molar-refractivity contribution in [1.29, 1.82) is 0 Å². The minimum Gasteiger partial charge on any atom is -0.480 e. The Morgan fingerprint density at radius 3 is 2.50 bits per heavy atom. The van der Waals surface area contributed by atoms with Gasteiger partial charge >= 0.3 is 5.97 Å². The topological polar surface area (TPSA) is 178 Å². The quantitative estimate of drug-likeness (QED) is 0.245.